The molecule has 1 aromatic rings. The molecule has 18 heavy (non-hydrogen) atoms. The van der Waals surface area contributed by atoms with Gasteiger partial charge in [0.25, 0.3) is 0 Å². The number of carbonyl (C=O) groups excluding carboxylic acids is 1. The zero-order valence-electron chi connectivity index (χ0n) is 8.92. The normalized spacial score (nSPS) is 12.1. The van der Waals surface area contributed by atoms with Crippen molar-refractivity contribution in [3.63, 3.8) is 0 Å². The van der Waals surface area contributed by atoms with E-state index in [9.17, 15) is 26.7 Å². The molecule has 1 aromatic carbocycles. The molecule has 0 bridgehead atoms. The Morgan fingerprint density at radius 2 is 1.44 bits per heavy atom. The van der Waals surface area contributed by atoms with E-state index in [0.29, 0.717) is 5.75 Å². The topological polar surface area (TPSA) is 35.5 Å². The molecule has 1 rings (SSSR count). The van der Waals surface area contributed by atoms with Gasteiger partial charge >= 0.3 is 18.1 Å². The number of esters is 1. The van der Waals surface area contributed by atoms with Crippen molar-refractivity contribution in [2.24, 2.45) is 0 Å². The molecule has 0 saturated carbocycles. The number of methoxy groups -OCH3 is 1. The van der Waals surface area contributed by atoms with Crippen LogP contribution in [-0.4, -0.2) is 25.2 Å². The summed E-state index contributed by atoms with van der Waals surface area (Å²) in [6.07, 6.45) is -5.99. The van der Waals surface area contributed by atoms with Crippen molar-refractivity contribution in [2.45, 2.75) is 12.1 Å². The number of carbonyl (C=O) groups is 1. The summed E-state index contributed by atoms with van der Waals surface area (Å²) in [5, 5.41) is 0. The summed E-state index contributed by atoms with van der Waals surface area (Å²) in [5.74, 6) is -8.34. The van der Waals surface area contributed by atoms with Gasteiger partial charge in [-0.3, -0.25) is 0 Å². The molecule has 8 heteroatoms. The SMILES string of the molecule is COc1ccc(OC(=O)C(F)(F)C(F)(F)F)cc1. The molecule has 0 N–H and O–H groups in total. The van der Waals surface area contributed by atoms with Gasteiger partial charge in [0.1, 0.15) is 11.5 Å². The summed E-state index contributed by atoms with van der Waals surface area (Å²) in [6.45, 7) is 0. The van der Waals surface area contributed by atoms with Crippen molar-refractivity contribution in [1.82, 2.24) is 0 Å². The Kier molecular flexibility index (Phi) is 3.78. The molecule has 0 aliphatic carbocycles. The summed E-state index contributed by atoms with van der Waals surface area (Å²) in [6, 6.07) is 4.55. The van der Waals surface area contributed by atoms with Crippen molar-refractivity contribution in [3.8, 4) is 11.5 Å². The second-order valence-electron chi connectivity index (χ2n) is 3.14. The fourth-order valence-corrected chi connectivity index (χ4v) is 0.931. The number of benzene rings is 1. The maximum Gasteiger partial charge on any atom is 0.465 e. The number of alkyl halides is 5. The number of ether oxygens (including phenoxy) is 2. The Hall–Kier alpha value is -1.86. The highest BCUT2D eigenvalue weighted by Crippen LogP contribution is 2.36. The lowest BCUT2D eigenvalue weighted by Gasteiger charge is -2.17. The molecular weight excluding hydrogens is 263 g/mol. The first-order valence-electron chi connectivity index (χ1n) is 4.49. The summed E-state index contributed by atoms with van der Waals surface area (Å²) in [5.41, 5.74) is 0. The fourth-order valence-electron chi connectivity index (χ4n) is 0.931. The van der Waals surface area contributed by atoms with E-state index in [4.69, 9.17) is 4.74 Å². The molecule has 0 heterocycles. The quantitative estimate of drug-likeness (QED) is 0.481. The zero-order chi connectivity index (χ0) is 14.0. The monoisotopic (exact) mass is 270 g/mol. The average Bonchev–Trinajstić information content (AvgIpc) is 2.28. The summed E-state index contributed by atoms with van der Waals surface area (Å²) >= 11 is 0. The van der Waals surface area contributed by atoms with E-state index >= 15 is 0 Å². The lowest BCUT2D eigenvalue weighted by atomic mass is 10.3. The summed E-state index contributed by atoms with van der Waals surface area (Å²) < 4.78 is 69.2. The summed E-state index contributed by atoms with van der Waals surface area (Å²) in [7, 11) is 1.33. The minimum atomic E-state index is -5.99. The van der Waals surface area contributed by atoms with Crippen LogP contribution in [-0.2, 0) is 4.79 Å². The molecule has 0 unspecified atom stereocenters. The molecule has 0 aliphatic heterocycles. The molecule has 0 atom stereocenters. The Bertz CT molecular complexity index is 424. The summed E-state index contributed by atoms with van der Waals surface area (Å²) in [4.78, 5) is 10.7. The molecule has 0 fully saturated rings. The van der Waals surface area contributed by atoms with Gasteiger partial charge in [0, 0.05) is 0 Å². The molecule has 0 aliphatic rings. The van der Waals surface area contributed by atoms with E-state index < -0.39 is 23.8 Å². The van der Waals surface area contributed by atoms with Crippen LogP contribution in [0.3, 0.4) is 0 Å². The van der Waals surface area contributed by atoms with E-state index in [1.165, 1.54) is 19.2 Å². The van der Waals surface area contributed by atoms with Gasteiger partial charge in [-0.25, -0.2) is 4.79 Å². The minimum absolute atomic E-state index is 0.331. The predicted octanol–water partition coefficient (Wildman–Crippen LogP) is 2.80. The second-order valence-corrected chi connectivity index (χ2v) is 3.14. The number of halogens is 5. The lowest BCUT2D eigenvalue weighted by molar-refractivity contribution is -0.276. The van der Waals surface area contributed by atoms with Crippen LogP contribution in [0.1, 0.15) is 0 Å². The van der Waals surface area contributed by atoms with Crippen molar-refractivity contribution in [2.75, 3.05) is 7.11 Å². The van der Waals surface area contributed by atoms with Gasteiger partial charge in [0.2, 0.25) is 0 Å². The maximum absolute atomic E-state index is 12.5. The van der Waals surface area contributed by atoms with E-state index in [-0.39, 0.29) is 0 Å². The van der Waals surface area contributed by atoms with Crippen LogP contribution >= 0.6 is 0 Å². The van der Waals surface area contributed by atoms with Crippen LogP contribution in [0.4, 0.5) is 22.0 Å². The van der Waals surface area contributed by atoms with Gasteiger partial charge in [-0.05, 0) is 24.3 Å². The Morgan fingerprint density at radius 1 is 1.00 bits per heavy atom. The molecule has 0 aromatic heterocycles. The fraction of sp³-hybridized carbons (Fsp3) is 0.300. The molecule has 100 valence electrons. The number of rotatable bonds is 3. The van der Waals surface area contributed by atoms with Crippen molar-refractivity contribution in [1.29, 1.82) is 0 Å². The van der Waals surface area contributed by atoms with Crippen LogP contribution in [0.25, 0.3) is 0 Å². The van der Waals surface area contributed by atoms with Crippen LogP contribution in [0.5, 0.6) is 11.5 Å². The minimum Gasteiger partial charge on any atom is -0.497 e. The first-order chi connectivity index (χ1) is 8.18. The molecule has 0 saturated heterocycles. The Morgan fingerprint density at radius 3 is 1.83 bits per heavy atom. The molecule has 3 nitrogen and oxygen atoms in total. The van der Waals surface area contributed by atoms with E-state index in [2.05, 4.69) is 4.74 Å². The highest BCUT2D eigenvalue weighted by Gasteiger charge is 2.65. The van der Waals surface area contributed by atoms with Gasteiger partial charge in [-0.15, -0.1) is 0 Å². The molecular formula is C10H7F5O3. The largest absolute Gasteiger partial charge is 0.497 e. The third-order valence-electron chi connectivity index (χ3n) is 1.88. The van der Waals surface area contributed by atoms with Crippen molar-refractivity contribution >= 4 is 5.97 Å². The second kappa shape index (κ2) is 4.79. The zero-order valence-corrected chi connectivity index (χ0v) is 8.92. The van der Waals surface area contributed by atoms with Crippen LogP contribution in [0, 0.1) is 0 Å². The van der Waals surface area contributed by atoms with E-state index in [0.717, 1.165) is 12.1 Å². The molecule has 0 amide bonds. The standard InChI is InChI=1S/C10H7F5O3/c1-17-6-2-4-7(5-3-6)18-8(16)9(11,12)10(13,14)15/h2-5H,1H3. The van der Waals surface area contributed by atoms with Crippen LogP contribution < -0.4 is 9.47 Å². The van der Waals surface area contributed by atoms with Crippen LogP contribution in [0.2, 0.25) is 0 Å². The van der Waals surface area contributed by atoms with Gasteiger partial charge in [-0.1, -0.05) is 0 Å². The van der Waals surface area contributed by atoms with Gasteiger partial charge in [0.05, 0.1) is 7.11 Å². The average molecular weight is 270 g/mol. The highest BCUT2D eigenvalue weighted by atomic mass is 19.4. The third kappa shape index (κ3) is 2.88. The predicted molar refractivity (Wildman–Crippen MR) is 49.6 cm³/mol. The van der Waals surface area contributed by atoms with Gasteiger partial charge in [-0.2, -0.15) is 22.0 Å². The third-order valence-corrected chi connectivity index (χ3v) is 1.88. The Labute approximate surface area is 98.1 Å². The highest BCUT2D eigenvalue weighted by molar-refractivity contribution is 5.80. The van der Waals surface area contributed by atoms with Crippen molar-refractivity contribution < 1.29 is 36.2 Å². The van der Waals surface area contributed by atoms with E-state index in [1.54, 1.807) is 0 Å². The van der Waals surface area contributed by atoms with Gasteiger partial charge in [0.15, 0.2) is 0 Å². The molecule has 0 spiro atoms. The smallest absolute Gasteiger partial charge is 0.465 e. The maximum atomic E-state index is 12.5. The Balaban J connectivity index is 2.81. The van der Waals surface area contributed by atoms with Gasteiger partial charge < -0.3 is 9.47 Å². The van der Waals surface area contributed by atoms with Crippen molar-refractivity contribution in [3.05, 3.63) is 24.3 Å². The van der Waals surface area contributed by atoms with E-state index in [1.807, 2.05) is 0 Å². The first kappa shape index (κ1) is 14.2. The first-order valence-corrected chi connectivity index (χ1v) is 4.49. The number of hydrogen-bond donors (Lipinski definition) is 0. The lowest BCUT2D eigenvalue weighted by Crippen LogP contribution is -2.46. The number of hydrogen-bond acceptors (Lipinski definition) is 3. The van der Waals surface area contributed by atoms with Crippen LogP contribution in [0.15, 0.2) is 24.3 Å². The molecule has 0 radical (unpaired) electrons.